The largest absolute Gasteiger partial charge is 0.381 e. The predicted molar refractivity (Wildman–Crippen MR) is 115 cm³/mol. The van der Waals surface area contributed by atoms with Crippen molar-refractivity contribution in [1.82, 2.24) is 9.80 Å². The van der Waals surface area contributed by atoms with E-state index in [1.807, 2.05) is 0 Å². The Balaban J connectivity index is 1.23. The molecule has 5 heteroatoms. The van der Waals surface area contributed by atoms with Gasteiger partial charge in [0.15, 0.2) is 0 Å². The van der Waals surface area contributed by atoms with Crippen LogP contribution in [0.2, 0.25) is 0 Å². The van der Waals surface area contributed by atoms with E-state index >= 15 is 0 Å². The second-order valence-corrected chi connectivity index (χ2v) is 9.47. The van der Waals surface area contributed by atoms with Gasteiger partial charge in [0.05, 0.1) is 0 Å². The lowest BCUT2D eigenvalue weighted by atomic mass is 9.94. The van der Waals surface area contributed by atoms with Gasteiger partial charge < -0.3 is 14.5 Å². The number of rotatable bonds is 3. The first-order chi connectivity index (χ1) is 14.2. The van der Waals surface area contributed by atoms with Gasteiger partial charge in [-0.25, -0.2) is 0 Å². The lowest BCUT2D eigenvalue weighted by molar-refractivity contribution is -0.139. The normalized spacial score (nSPS) is 28.7. The van der Waals surface area contributed by atoms with Crippen molar-refractivity contribution < 1.29 is 9.53 Å². The molecule has 158 valence electrons. The van der Waals surface area contributed by atoms with Crippen LogP contribution in [-0.4, -0.2) is 67.2 Å². The third kappa shape index (κ3) is 3.91. The average Bonchev–Trinajstić information content (AvgIpc) is 3.42. The summed E-state index contributed by atoms with van der Waals surface area (Å²) in [6, 6.07) is 8.44. The molecule has 0 spiro atoms. The summed E-state index contributed by atoms with van der Waals surface area (Å²) in [5.41, 5.74) is 4.16. The van der Waals surface area contributed by atoms with E-state index in [1.165, 1.54) is 49.2 Å². The van der Waals surface area contributed by atoms with E-state index in [9.17, 15) is 4.79 Å². The minimum absolute atomic E-state index is 0.166. The molecule has 4 aliphatic heterocycles. The number of likely N-dealkylation sites (tertiary alicyclic amines) is 1. The van der Waals surface area contributed by atoms with E-state index < -0.39 is 0 Å². The number of benzene rings is 1. The van der Waals surface area contributed by atoms with E-state index in [0.29, 0.717) is 5.91 Å². The van der Waals surface area contributed by atoms with Crippen molar-refractivity contribution in [3.05, 3.63) is 29.3 Å². The summed E-state index contributed by atoms with van der Waals surface area (Å²) in [4.78, 5) is 20.3. The van der Waals surface area contributed by atoms with Crippen LogP contribution in [0.4, 0.5) is 5.69 Å². The highest BCUT2D eigenvalue weighted by Crippen LogP contribution is 2.31. The van der Waals surface area contributed by atoms with E-state index in [0.717, 1.165) is 64.2 Å². The summed E-state index contributed by atoms with van der Waals surface area (Å²) < 4.78 is 5.42. The number of anilines is 1. The Labute approximate surface area is 175 Å². The second-order valence-electron chi connectivity index (χ2n) is 9.47. The van der Waals surface area contributed by atoms with Crippen LogP contribution in [0.1, 0.15) is 50.2 Å². The molecule has 2 atom stereocenters. The monoisotopic (exact) mass is 397 g/mol. The number of nitrogens with zero attached hydrogens (tertiary/aromatic N) is 3. The third-order valence-electron chi connectivity index (χ3n) is 7.69. The molecule has 0 bridgehead atoms. The van der Waals surface area contributed by atoms with Crippen molar-refractivity contribution in [1.29, 1.82) is 0 Å². The maximum absolute atomic E-state index is 12.9. The minimum atomic E-state index is 0.166. The van der Waals surface area contributed by atoms with Crippen molar-refractivity contribution in [3.8, 4) is 0 Å². The highest BCUT2D eigenvalue weighted by Gasteiger charge is 2.33. The number of carbonyl (C=O) groups excluding carboxylic acids is 1. The Kier molecular flexibility index (Phi) is 5.53. The van der Waals surface area contributed by atoms with Crippen LogP contribution >= 0.6 is 0 Å². The fourth-order valence-electron chi connectivity index (χ4n) is 5.87. The first-order valence-corrected chi connectivity index (χ1v) is 11.7. The van der Waals surface area contributed by atoms with E-state index in [-0.39, 0.29) is 5.92 Å². The summed E-state index contributed by atoms with van der Waals surface area (Å²) in [5, 5.41) is 0. The molecule has 1 amide bonds. The van der Waals surface area contributed by atoms with Gasteiger partial charge in [0.25, 0.3) is 0 Å². The van der Waals surface area contributed by atoms with Gasteiger partial charge in [-0.05, 0) is 75.3 Å². The fraction of sp³-hybridized carbons (Fsp3) is 0.708. The third-order valence-corrected chi connectivity index (χ3v) is 7.69. The number of ether oxygens (including phenoxy) is 1. The van der Waals surface area contributed by atoms with E-state index in [2.05, 4.69) is 39.8 Å². The lowest BCUT2D eigenvalue weighted by Crippen LogP contribution is -2.41. The molecule has 4 aliphatic rings. The standard InChI is InChI=1S/C24H35N3O2/c1-18-3-2-10-27(18)23-7-12-25(17-23)22-5-4-21-16-26(11-6-20(21)15-22)24(28)19-8-13-29-14-9-19/h4-5,15,18-19,23H,2-3,6-14,16-17H2,1H3/t18-,23-/m0/s1. The smallest absolute Gasteiger partial charge is 0.226 e. The SMILES string of the molecule is C[C@H]1CCCN1[C@H]1CCN(c2ccc3c(c2)CCN(C(=O)C2CCOCC2)C3)C1. The van der Waals surface area contributed by atoms with Gasteiger partial charge in [0.2, 0.25) is 5.91 Å². The lowest BCUT2D eigenvalue weighted by Gasteiger charge is -2.34. The molecular formula is C24H35N3O2. The molecular weight excluding hydrogens is 362 g/mol. The van der Waals surface area contributed by atoms with Crippen LogP contribution in [0.15, 0.2) is 18.2 Å². The number of hydrogen-bond acceptors (Lipinski definition) is 4. The topological polar surface area (TPSA) is 36.0 Å². The molecule has 4 heterocycles. The first kappa shape index (κ1) is 19.4. The molecule has 5 rings (SSSR count). The summed E-state index contributed by atoms with van der Waals surface area (Å²) in [6.07, 6.45) is 6.76. The van der Waals surface area contributed by atoms with Crippen LogP contribution < -0.4 is 4.90 Å². The zero-order valence-electron chi connectivity index (χ0n) is 17.8. The summed E-state index contributed by atoms with van der Waals surface area (Å²) in [6.45, 7) is 9.11. The van der Waals surface area contributed by atoms with Gasteiger partial charge in [-0.3, -0.25) is 9.69 Å². The summed E-state index contributed by atoms with van der Waals surface area (Å²) in [7, 11) is 0. The number of carbonyl (C=O) groups is 1. The van der Waals surface area contributed by atoms with Crippen LogP contribution in [0.25, 0.3) is 0 Å². The Hall–Kier alpha value is -1.59. The molecule has 1 aromatic rings. The van der Waals surface area contributed by atoms with Crippen LogP contribution in [0.3, 0.4) is 0 Å². The average molecular weight is 398 g/mol. The van der Waals surface area contributed by atoms with Crippen molar-refractivity contribution in [2.24, 2.45) is 5.92 Å². The van der Waals surface area contributed by atoms with Gasteiger partial charge in [-0.2, -0.15) is 0 Å². The van der Waals surface area contributed by atoms with Gasteiger partial charge in [0, 0.05) is 63.1 Å². The molecule has 5 nitrogen and oxygen atoms in total. The maximum atomic E-state index is 12.9. The predicted octanol–water partition coefficient (Wildman–Crippen LogP) is 3.06. The van der Waals surface area contributed by atoms with Crippen LogP contribution in [0.5, 0.6) is 0 Å². The summed E-state index contributed by atoms with van der Waals surface area (Å²) in [5.74, 6) is 0.504. The number of amides is 1. The van der Waals surface area contributed by atoms with Crippen molar-refractivity contribution in [3.63, 3.8) is 0 Å². The van der Waals surface area contributed by atoms with Crippen molar-refractivity contribution in [2.45, 2.75) is 64.1 Å². The fourth-order valence-corrected chi connectivity index (χ4v) is 5.87. The van der Waals surface area contributed by atoms with Gasteiger partial charge in [-0.1, -0.05) is 6.07 Å². The zero-order chi connectivity index (χ0) is 19.8. The van der Waals surface area contributed by atoms with Crippen LogP contribution in [0, 0.1) is 5.92 Å². The molecule has 0 aliphatic carbocycles. The van der Waals surface area contributed by atoms with E-state index in [1.54, 1.807) is 0 Å². The van der Waals surface area contributed by atoms with Crippen molar-refractivity contribution >= 4 is 11.6 Å². The Morgan fingerprint density at radius 1 is 1.03 bits per heavy atom. The Morgan fingerprint density at radius 2 is 1.90 bits per heavy atom. The molecule has 29 heavy (non-hydrogen) atoms. The molecule has 0 N–H and O–H groups in total. The first-order valence-electron chi connectivity index (χ1n) is 11.7. The zero-order valence-corrected chi connectivity index (χ0v) is 17.8. The maximum Gasteiger partial charge on any atom is 0.226 e. The Bertz CT molecular complexity index is 746. The highest BCUT2D eigenvalue weighted by molar-refractivity contribution is 5.79. The number of hydrogen-bond donors (Lipinski definition) is 0. The molecule has 3 fully saturated rings. The molecule has 0 aromatic heterocycles. The van der Waals surface area contributed by atoms with Gasteiger partial charge in [-0.15, -0.1) is 0 Å². The summed E-state index contributed by atoms with van der Waals surface area (Å²) >= 11 is 0. The molecule has 1 aromatic carbocycles. The molecule has 0 radical (unpaired) electrons. The van der Waals surface area contributed by atoms with Crippen molar-refractivity contribution in [2.75, 3.05) is 44.3 Å². The van der Waals surface area contributed by atoms with Crippen LogP contribution in [-0.2, 0) is 22.5 Å². The Morgan fingerprint density at radius 3 is 2.69 bits per heavy atom. The van der Waals surface area contributed by atoms with Gasteiger partial charge >= 0.3 is 0 Å². The number of fused-ring (bicyclic) bond motifs is 1. The molecule has 3 saturated heterocycles. The van der Waals surface area contributed by atoms with E-state index in [4.69, 9.17) is 4.74 Å². The van der Waals surface area contributed by atoms with Gasteiger partial charge in [0.1, 0.15) is 0 Å². The quantitative estimate of drug-likeness (QED) is 0.785. The minimum Gasteiger partial charge on any atom is -0.381 e. The molecule has 0 saturated carbocycles. The second kappa shape index (κ2) is 8.27. The highest BCUT2D eigenvalue weighted by atomic mass is 16.5. The molecule has 0 unspecified atom stereocenters.